The smallest absolute Gasteiger partial charge is 0.240 e. The highest BCUT2D eigenvalue weighted by molar-refractivity contribution is 7.99. The maximum Gasteiger partial charge on any atom is 0.240 e. The van der Waals surface area contributed by atoms with Crippen LogP contribution in [-0.4, -0.2) is 35.5 Å². The van der Waals surface area contributed by atoms with Crippen molar-refractivity contribution in [2.24, 2.45) is 5.10 Å². The van der Waals surface area contributed by atoms with Crippen molar-refractivity contribution in [3.63, 3.8) is 0 Å². The molecule has 3 N–H and O–H groups in total. The number of nitrogens with one attached hydrogen (secondary N) is 2. The second-order valence-corrected chi connectivity index (χ2v) is 5.96. The summed E-state index contributed by atoms with van der Waals surface area (Å²) in [6.45, 7) is -0.0340. The molecule has 0 fully saturated rings. The van der Waals surface area contributed by atoms with Gasteiger partial charge >= 0.3 is 0 Å². The maximum absolute atomic E-state index is 11.9. The number of rotatable bonds is 9. The minimum atomic E-state index is -0.274. The molecule has 8 heteroatoms. The number of para-hydroxylation sites is 1. The molecule has 0 aliphatic rings. The third-order valence-corrected chi connectivity index (χ3v) is 3.86. The summed E-state index contributed by atoms with van der Waals surface area (Å²) in [5.41, 5.74) is 3.09. The molecule has 1 aromatic heterocycles. The minimum Gasteiger partial charge on any atom is -0.449 e. The molecule has 0 aliphatic carbocycles. The number of aliphatic hydroxyl groups excluding tert-OH is 1. The number of furan rings is 1. The van der Waals surface area contributed by atoms with Crippen molar-refractivity contribution in [2.45, 2.75) is 17.9 Å². The zero-order valence-corrected chi connectivity index (χ0v) is 14.3. The van der Waals surface area contributed by atoms with E-state index >= 15 is 0 Å². The average molecular weight is 361 g/mol. The lowest BCUT2D eigenvalue weighted by Crippen LogP contribution is -2.17. The molecule has 2 amide bonds. The molecule has 0 saturated heterocycles. The number of hydrogen-bond acceptors (Lipinski definition) is 6. The van der Waals surface area contributed by atoms with Crippen LogP contribution < -0.4 is 10.7 Å². The molecule has 1 heterocycles. The van der Waals surface area contributed by atoms with E-state index in [2.05, 4.69) is 15.8 Å². The Labute approximate surface area is 149 Å². The number of thioether (sulfide) groups is 1. The first-order valence-corrected chi connectivity index (χ1v) is 8.66. The Morgan fingerprint density at radius 1 is 1.16 bits per heavy atom. The summed E-state index contributed by atoms with van der Waals surface area (Å²) in [7, 11) is 0. The highest BCUT2D eigenvalue weighted by Gasteiger charge is 2.06. The van der Waals surface area contributed by atoms with Crippen molar-refractivity contribution >= 4 is 35.5 Å². The standard InChI is InChI=1S/C17H19N3O4S/c21-10-4-7-15(22)20-18-11-14-8-9-17(24-14)25-12-16(23)19-13-5-2-1-3-6-13/h1-3,5-6,8-9,11,21H,4,7,10,12H2,(H,19,23)(H,20,22)/b18-11+. The Morgan fingerprint density at radius 2 is 1.96 bits per heavy atom. The van der Waals surface area contributed by atoms with E-state index in [4.69, 9.17) is 9.52 Å². The van der Waals surface area contributed by atoms with Crippen LogP contribution in [0.2, 0.25) is 0 Å². The summed E-state index contributed by atoms with van der Waals surface area (Å²) in [6.07, 6.45) is 1.99. The van der Waals surface area contributed by atoms with Crippen molar-refractivity contribution in [3.8, 4) is 0 Å². The summed E-state index contributed by atoms with van der Waals surface area (Å²) in [4.78, 5) is 23.2. The van der Waals surface area contributed by atoms with E-state index < -0.39 is 0 Å². The lowest BCUT2D eigenvalue weighted by Gasteiger charge is -2.03. The summed E-state index contributed by atoms with van der Waals surface area (Å²) in [5.74, 6) is 0.285. The summed E-state index contributed by atoms with van der Waals surface area (Å²) in [5, 5.41) is 15.8. The molecule has 1 aromatic carbocycles. The highest BCUT2D eigenvalue weighted by atomic mass is 32.2. The largest absolute Gasteiger partial charge is 0.449 e. The highest BCUT2D eigenvalue weighted by Crippen LogP contribution is 2.20. The quantitative estimate of drug-likeness (QED) is 0.361. The van der Waals surface area contributed by atoms with Gasteiger partial charge in [-0.2, -0.15) is 5.10 Å². The molecular formula is C17H19N3O4S. The number of hydrogen-bond donors (Lipinski definition) is 3. The van der Waals surface area contributed by atoms with Crippen molar-refractivity contribution in [1.29, 1.82) is 0 Å². The third-order valence-electron chi connectivity index (χ3n) is 2.95. The van der Waals surface area contributed by atoms with Crippen molar-refractivity contribution in [1.82, 2.24) is 5.43 Å². The Hall–Kier alpha value is -2.58. The Morgan fingerprint density at radius 3 is 2.72 bits per heavy atom. The molecule has 0 bridgehead atoms. The topological polar surface area (TPSA) is 104 Å². The normalized spacial score (nSPS) is 10.8. The summed E-state index contributed by atoms with van der Waals surface area (Å²) in [6, 6.07) is 12.6. The number of anilines is 1. The van der Waals surface area contributed by atoms with Crippen molar-refractivity contribution < 1.29 is 19.1 Å². The van der Waals surface area contributed by atoms with E-state index in [1.165, 1.54) is 18.0 Å². The van der Waals surface area contributed by atoms with Gasteiger partial charge in [0.05, 0.1) is 12.0 Å². The number of hydrazone groups is 1. The summed E-state index contributed by atoms with van der Waals surface area (Å²) >= 11 is 1.26. The van der Waals surface area contributed by atoms with Gasteiger partial charge in [-0.25, -0.2) is 5.43 Å². The van der Waals surface area contributed by atoms with Crippen LogP contribution in [0.5, 0.6) is 0 Å². The van der Waals surface area contributed by atoms with Crippen molar-refractivity contribution in [2.75, 3.05) is 17.7 Å². The van der Waals surface area contributed by atoms with Gasteiger partial charge in [-0.1, -0.05) is 30.0 Å². The van der Waals surface area contributed by atoms with Gasteiger partial charge in [-0.15, -0.1) is 0 Å². The van der Waals surface area contributed by atoms with E-state index in [0.29, 0.717) is 17.3 Å². The van der Waals surface area contributed by atoms with Gasteiger partial charge in [0.25, 0.3) is 0 Å². The van der Waals surface area contributed by atoms with Crippen LogP contribution in [0.3, 0.4) is 0 Å². The SMILES string of the molecule is O=C(CCCO)N/N=C/c1ccc(SCC(=O)Nc2ccccc2)o1. The van der Waals surface area contributed by atoms with Gasteiger partial charge in [0.2, 0.25) is 11.8 Å². The summed E-state index contributed by atoms with van der Waals surface area (Å²) < 4.78 is 5.49. The van der Waals surface area contributed by atoms with Gasteiger partial charge in [-0.3, -0.25) is 9.59 Å². The van der Waals surface area contributed by atoms with Crippen LogP contribution in [0.15, 0.2) is 57.1 Å². The first-order chi connectivity index (χ1) is 12.2. The Kier molecular flexibility index (Phi) is 7.74. The molecular weight excluding hydrogens is 342 g/mol. The molecule has 0 atom stereocenters. The Bertz CT molecular complexity index is 716. The molecule has 0 spiro atoms. The van der Waals surface area contributed by atoms with E-state index in [-0.39, 0.29) is 30.6 Å². The van der Waals surface area contributed by atoms with Gasteiger partial charge in [0.15, 0.2) is 5.09 Å². The lowest BCUT2D eigenvalue weighted by atomic mass is 10.3. The van der Waals surface area contributed by atoms with Gasteiger partial charge < -0.3 is 14.8 Å². The van der Waals surface area contributed by atoms with E-state index in [9.17, 15) is 9.59 Å². The maximum atomic E-state index is 11.9. The fourth-order valence-corrected chi connectivity index (χ4v) is 2.46. The predicted molar refractivity (Wildman–Crippen MR) is 96.6 cm³/mol. The van der Waals surface area contributed by atoms with Gasteiger partial charge in [-0.05, 0) is 30.7 Å². The molecule has 2 aromatic rings. The van der Waals surface area contributed by atoms with Crippen LogP contribution in [0.4, 0.5) is 5.69 Å². The predicted octanol–water partition coefficient (Wildman–Crippen LogP) is 2.23. The zero-order valence-electron chi connectivity index (χ0n) is 13.5. The molecule has 25 heavy (non-hydrogen) atoms. The number of carbonyl (C=O) groups excluding carboxylic acids is 2. The van der Waals surface area contributed by atoms with Crippen LogP contribution >= 0.6 is 11.8 Å². The lowest BCUT2D eigenvalue weighted by molar-refractivity contribution is -0.121. The molecule has 132 valence electrons. The van der Waals surface area contributed by atoms with E-state index in [1.807, 2.05) is 30.3 Å². The second-order valence-electron chi connectivity index (χ2n) is 4.98. The first-order valence-electron chi connectivity index (χ1n) is 7.67. The first kappa shape index (κ1) is 18.8. The van der Waals surface area contributed by atoms with E-state index in [1.54, 1.807) is 12.1 Å². The number of aliphatic hydroxyl groups is 1. The minimum absolute atomic E-state index is 0.0340. The molecule has 0 unspecified atom stereocenters. The fourth-order valence-electron chi connectivity index (χ4n) is 1.80. The number of carbonyl (C=O) groups is 2. The molecule has 7 nitrogen and oxygen atoms in total. The second kappa shape index (κ2) is 10.3. The van der Waals surface area contributed by atoms with Crippen LogP contribution in [-0.2, 0) is 9.59 Å². The molecule has 0 radical (unpaired) electrons. The van der Waals surface area contributed by atoms with Gasteiger partial charge in [0, 0.05) is 18.7 Å². The Balaban J connectivity index is 1.73. The van der Waals surface area contributed by atoms with Crippen LogP contribution in [0, 0.1) is 0 Å². The number of amides is 2. The third kappa shape index (κ3) is 7.23. The molecule has 2 rings (SSSR count). The fraction of sp³-hybridized carbons (Fsp3) is 0.235. The number of benzene rings is 1. The van der Waals surface area contributed by atoms with Crippen LogP contribution in [0.1, 0.15) is 18.6 Å². The molecule has 0 aliphatic heterocycles. The zero-order chi connectivity index (χ0) is 17.9. The van der Waals surface area contributed by atoms with E-state index in [0.717, 1.165) is 5.69 Å². The van der Waals surface area contributed by atoms with Crippen LogP contribution in [0.25, 0.3) is 0 Å². The average Bonchev–Trinajstić information content (AvgIpc) is 3.07. The van der Waals surface area contributed by atoms with Gasteiger partial charge in [0.1, 0.15) is 5.76 Å². The molecule has 0 saturated carbocycles. The monoisotopic (exact) mass is 361 g/mol. The number of nitrogens with zero attached hydrogens (tertiary/aromatic N) is 1. The van der Waals surface area contributed by atoms with Crippen molar-refractivity contribution in [3.05, 3.63) is 48.2 Å².